The van der Waals surface area contributed by atoms with Crippen molar-refractivity contribution in [2.24, 2.45) is 0 Å². The molecule has 2 aromatic carbocycles. The number of nitrogens with zero attached hydrogens (tertiary/aromatic N) is 3. The number of rotatable bonds is 3. The monoisotopic (exact) mass is 460 g/mol. The van der Waals surface area contributed by atoms with Crippen molar-refractivity contribution >= 4 is 29.6 Å². The lowest BCUT2D eigenvalue weighted by Crippen LogP contribution is -2.22. The Labute approximate surface area is 191 Å². The molecule has 1 aliphatic heterocycles. The Morgan fingerprint density at radius 3 is 2.84 bits per heavy atom. The van der Waals surface area contributed by atoms with Gasteiger partial charge in [-0.25, -0.2) is 4.39 Å². The summed E-state index contributed by atoms with van der Waals surface area (Å²) in [6, 6.07) is 11.0. The van der Waals surface area contributed by atoms with E-state index in [1.165, 1.54) is 17.7 Å². The van der Waals surface area contributed by atoms with E-state index in [9.17, 15) is 4.39 Å². The highest BCUT2D eigenvalue weighted by atomic mass is 35.5. The van der Waals surface area contributed by atoms with E-state index in [1.54, 1.807) is 19.5 Å². The minimum atomic E-state index is -0.485. The van der Waals surface area contributed by atoms with Crippen molar-refractivity contribution in [1.82, 2.24) is 20.1 Å². The molecule has 1 aromatic heterocycles. The molecular formula is C23H23Cl2FN4O. The van der Waals surface area contributed by atoms with Gasteiger partial charge in [-0.3, -0.25) is 4.57 Å². The molecule has 2 aliphatic rings. The van der Waals surface area contributed by atoms with Crippen LogP contribution in [0.5, 0.6) is 5.75 Å². The van der Waals surface area contributed by atoms with E-state index in [1.807, 2.05) is 4.57 Å². The first-order valence-electron chi connectivity index (χ1n) is 10.0. The first kappa shape index (κ1) is 21.8. The number of fused-ring (bicyclic) bond motifs is 3. The number of aromatic nitrogens is 3. The fourth-order valence-electron chi connectivity index (χ4n) is 4.39. The quantitative estimate of drug-likeness (QED) is 0.549. The zero-order valence-electron chi connectivity index (χ0n) is 17.1. The summed E-state index contributed by atoms with van der Waals surface area (Å²) < 4.78 is 21.3. The van der Waals surface area contributed by atoms with E-state index in [0.717, 1.165) is 47.6 Å². The summed E-state index contributed by atoms with van der Waals surface area (Å²) in [4.78, 5) is -0.485. The van der Waals surface area contributed by atoms with Gasteiger partial charge < -0.3 is 10.1 Å². The Kier molecular flexibility index (Phi) is 6.06. The third kappa shape index (κ3) is 3.95. The maximum absolute atomic E-state index is 13.8. The molecule has 0 spiro atoms. The third-order valence-corrected chi connectivity index (χ3v) is 6.60. The molecule has 1 atom stereocenters. The number of hydrogen-bond acceptors (Lipinski definition) is 4. The van der Waals surface area contributed by atoms with Gasteiger partial charge in [0.1, 0.15) is 17.9 Å². The highest BCUT2D eigenvalue weighted by Crippen LogP contribution is 2.46. The lowest BCUT2D eigenvalue weighted by Gasteiger charge is -2.32. The van der Waals surface area contributed by atoms with Gasteiger partial charge in [0.25, 0.3) is 0 Å². The maximum Gasteiger partial charge on any atom is 0.151 e. The molecule has 8 heteroatoms. The molecule has 1 N–H and O–H groups in total. The molecule has 3 aromatic rings. The minimum absolute atomic E-state index is 0. The second-order valence-corrected chi connectivity index (χ2v) is 8.53. The first-order chi connectivity index (χ1) is 14.6. The van der Waals surface area contributed by atoms with E-state index in [-0.39, 0.29) is 18.2 Å². The minimum Gasteiger partial charge on any atom is -0.496 e. The van der Waals surface area contributed by atoms with Gasteiger partial charge in [-0.15, -0.1) is 34.2 Å². The number of halogens is 3. The van der Waals surface area contributed by atoms with Gasteiger partial charge in [-0.1, -0.05) is 18.2 Å². The van der Waals surface area contributed by atoms with Crippen LogP contribution >= 0.6 is 24.0 Å². The summed E-state index contributed by atoms with van der Waals surface area (Å²) in [6.45, 7) is 1.43. The van der Waals surface area contributed by atoms with Crippen molar-refractivity contribution in [2.45, 2.75) is 37.2 Å². The van der Waals surface area contributed by atoms with Crippen LogP contribution in [-0.4, -0.2) is 21.9 Å². The van der Waals surface area contributed by atoms with E-state index < -0.39 is 4.87 Å². The van der Waals surface area contributed by atoms with Gasteiger partial charge in [0.05, 0.1) is 24.2 Å². The van der Waals surface area contributed by atoms with Crippen LogP contribution in [0.25, 0.3) is 11.3 Å². The second-order valence-electron chi connectivity index (χ2n) is 7.81. The number of allylic oxidation sites excluding steroid dienone is 2. The number of alkyl halides is 1. The Bertz CT molecular complexity index is 1150. The number of hydrogen-bond donors (Lipinski definition) is 1. The van der Waals surface area contributed by atoms with Crippen molar-refractivity contribution in [3.05, 3.63) is 77.1 Å². The number of methoxy groups -OCH3 is 1. The Hall–Kier alpha value is -2.41. The van der Waals surface area contributed by atoms with Crippen molar-refractivity contribution in [1.29, 1.82) is 0 Å². The van der Waals surface area contributed by atoms with Crippen LogP contribution in [0.15, 0.2) is 48.8 Å². The van der Waals surface area contributed by atoms with Gasteiger partial charge >= 0.3 is 0 Å². The molecule has 0 amide bonds. The fraction of sp³-hybridized carbons (Fsp3) is 0.304. The highest BCUT2D eigenvalue weighted by Gasteiger charge is 2.33. The number of benzene rings is 2. The Balaban J connectivity index is 0.00000231. The van der Waals surface area contributed by atoms with E-state index >= 15 is 0 Å². The molecule has 1 unspecified atom stereocenters. The molecule has 5 rings (SSSR count). The third-order valence-electron chi connectivity index (χ3n) is 6.04. The zero-order chi connectivity index (χ0) is 20.7. The van der Waals surface area contributed by atoms with Gasteiger partial charge in [-0.05, 0) is 60.2 Å². The fourth-order valence-corrected chi connectivity index (χ4v) is 4.68. The largest absolute Gasteiger partial charge is 0.496 e. The Morgan fingerprint density at radius 2 is 2.06 bits per heavy atom. The average Bonchev–Trinajstić information content (AvgIpc) is 3.15. The molecule has 0 fully saturated rings. The van der Waals surface area contributed by atoms with Crippen LogP contribution in [0, 0.1) is 5.82 Å². The van der Waals surface area contributed by atoms with Crippen molar-refractivity contribution in [3.63, 3.8) is 0 Å². The van der Waals surface area contributed by atoms with Crippen molar-refractivity contribution in [3.8, 4) is 11.4 Å². The lowest BCUT2D eigenvalue weighted by molar-refractivity contribution is 0.411. The van der Waals surface area contributed by atoms with Crippen LogP contribution in [0.3, 0.4) is 0 Å². The van der Waals surface area contributed by atoms with Crippen LogP contribution in [0.1, 0.15) is 41.8 Å². The molecule has 1 aliphatic carbocycles. The molecule has 0 radical (unpaired) electrons. The zero-order valence-corrected chi connectivity index (χ0v) is 18.6. The summed E-state index contributed by atoms with van der Waals surface area (Å²) >= 11 is 7.12. The van der Waals surface area contributed by atoms with Crippen LogP contribution in [0.2, 0.25) is 0 Å². The van der Waals surface area contributed by atoms with Gasteiger partial charge in [0.2, 0.25) is 0 Å². The topological polar surface area (TPSA) is 52.0 Å². The molecule has 0 saturated carbocycles. The van der Waals surface area contributed by atoms with Crippen molar-refractivity contribution < 1.29 is 9.13 Å². The maximum atomic E-state index is 13.8. The SMILES string of the molecule is COc1ccc(F)cc1C1=CCC(Cl)(c2ccc3c(c2)CNCc2nncn2-3)CC1.Cl. The van der Waals surface area contributed by atoms with Gasteiger partial charge in [0.15, 0.2) is 5.82 Å². The smallest absolute Gasteiger partial charge is 0.151 e. The summed E-state index contributed by atoms with van der Waals surface area (Å²) in [5.41, 5.74) is 5.24. The molecule has 0 saturated heterocycles. The van der Waals surface area contributed by atoms with Crippen LogP contribution in [-0.2, 0) is 18.0 Å². The highest BCUT2D eigenvalue weighted by molar-refractivity contribution is 6.24. The molecule has 0 bridgehead atoms. The molecule has 2 heterocycles. The summed E-state index contributed by atoms with van der Waals surface area (Å²) in [5, 5.41) is 11.6. The molecule has 31 heavy (non-hydrogen) atoms. The van der Waals surface area contributed by atoms with Gasteiger partial charge in [-0.2, -0.15) is 0 Å². The van der Waals surface area contributed by atoms with Crippen LogP contribution < -0.4 is 10.1 Å². The van der Waals surface area contributed by atoms with Crippen LogP contribution in [0.4, 0.5) is 4.39 Å². The molecule has 5 nitrogen and oxygen atoms in total. The predicted octanol–water partition coefficient (Wildman–Crippen LogP) is 5.14. The summed E-state index contributed by atoms with van der Waals surface area (Å²) in [5.74, 6) is 1.32. The van der Waals surface area contributed by atoms with E-state index in [4.69, 9.17) is 16.3 Å². The summed E-state index contributed by atoms with van der Waals surface area (Å²) in [7, 11) is 1.61. The first-order valence-corrected chi connectivity index (χ1v) is 10.4. The molecular weight excluding hydrogens is 438 g/mol. The summed E-state index contributed by atoms with van der Waals surface area (Å²) in [6.07, 6.45) is 6.07. The predicted molar refractivity (Wildman–Crippen MR) is 121 cm³/mol. The van der Waals surface area contributed by atoms with E-state index in [2.05, 4.69) is 39.8 Å². The average molecular weight is 461 g/mol. The normalized spacial score (nSPS) is 20.0. The number of nitrogens with one attached hydrogen (secondary N) is 1. The number of ether oxygens (including phenoxy) is 1. The lowest BCUT2D eigenvalue weighted by atomic mass is 9.81. The standard InChI is InChI=1S/C23H22ClFN4O.ClH/c1-30-21-5-3-18(25)11-19(21)15-6-8-23(24,9-7-15)17-2-4-20-16(10-17)12-26-13-22-28-27-14-29(20)22;/h2-6,10-11,14,26H,7-9,12-13H2,1H3;1H. The van der Waals surface area contributed by atoms with Gasteiger partial charge in [0, 0.05) is 12.1 Å². The Morgan fingerprint density at radius 1 is 1.19 bits per heavy atom. The second kappa shape index (κ2) is 8.61. The molecule has 162 valence electrons. The van der Waals surface area contributed by atoms with E-state index in [0.29, 0.717) is 18.7 Å². The van der Waals surface area contributed by atoms with Crippen molar-refractivity contribution in [2.75, 3.05) is 7.11 Å².